The quantitative estimate of drug-likeness (QED) is 0.661. The van der Waals surface area contributed by atoms with Gasteiger partial charge in [0.05, 0.1) is 11.4 Å². The third-order valence-corrected chi connectivity index (χ3v) is 5.31. The first-order valence-electron chi connectivity index (χ1n) is 9.28. The summed E-state index contributed by atoms with van der Waals surface area (Å²) in [7, 11) is 0. The Balaban J connectivity index is 1.55. The molecule has 3 nitrogen and oxygen atoms in total. The van der Waals surface area contributed by atoms with Gasteiger partial charge in [-0.25, -0.2) is 0 Å². The number of ketones is 1. The van der Waals surface area contributed by atoms with Crippen LogP contribution in [0.25, 0.3) is 16.8 Å². The van der Waals surface area contributed by atoms with Gasteiger partial charge in [-0.15, -0.1) is 0 Å². The molecule has 2 aliphatic rings. The smallest absolute Gasteiger partial charge is 0.193 e. The van der Waals surface area contributed by atoms with Gasteiger partial charge in [-0.3, -0.25) is 9.78 Å². The molecule has 0 fully saturated rings. The molecule has 3 heterocycles. The summed E-state index contributed by atoms with van der Waals surface area (Å²) in [5.41, 5.74) is 4.05. The molecule has 0 bridgehead atoms. The van der Waals surface area contributed by atoms with Gasteiger partial charge in [-0.2, -0.15) is 0 Å². The summed E-state index contributed by atoms with van der Waals surface area (Å²) in [5, 5.41) is 0. The zero-order valence-electron chi connectivity index (χ0n) is 15.2. The SMILES string of the molecule is O=C1C=C(c2ccc(-c3ccccc3)cc2)N2C=CC=CC12c1ccccn1. The van der Waals surface area contributed by atoms with E-state index in [1.54, 1.807) is 12.3 Å². The van der Waals surface area contributed by atoms with E-state index < -0.39 is 5.54 Å². The van der Waals surface area contributed by atoms with Gasteiger partial charge in [0, 0.05) is 18.5 Å². The zero-order valence-corrected chi connectivity index (χ0v) is 15.2. The molecule has 0 aliphatic carbocycles. The molecule has 1 unspecified atom stereocenters. The van der Waals surface area contributed by atoms with Crippen LogP contribution in [0.5, 0.6) is 0 Å². The molecule has 0 amide bonds. The van der Waals surface area contributed by atoms with Crippen molar-refractivity contribution < 1.29 is 4.79 Å². The maximum atomic E-state index is 13.2. The number of allylic oxidation sites excluding steroid dienone is 2. The number of hydrogen-bond donors (Lipinski definition) is 0. The second kappa shape index (κ2) is 6.46. The normalized spacial score (nSPS) is 20.2. The minimum Gasteiger partial charge on any atom is -0.325 e. The Morgan fingerprint density at radius 1 is 0.750 bits per heavy atom. The maximum Gasteiger partial charge on any atom is 0.193 e. The number of fused-ring (bicyclic) bond motifs is 1. The van der Waals surface area contributed by atoms with E-state index in [2.05, 4.69) is 41.4 Å². The van der Waals surface area contributed by atoms with Gasteiger partial charge in [0.1, 0.15) is 0 Å². The van der Waals surface area contributed by atoms with Crippen LogP contribution in [0.4, 0.5) is 0 Å². The van der Waals surface area contributed by atoms with E-state index in [1.807, 2.05) is 65.7 Å². The van der Waals surface area contributed by atoms with E-state index in [1.165, 1.54) is 5.56 Å². The van der Waals surface area contributed by atoms with Crippen LogP contribution in [0.3, 0.4) is 0 Å². The summed E-state index contributed by atoms with van der Waals surface area (Å²) in [6.45, 7) is 0. The van der Waals surface area contributed by atoms with Gasteiger partial charge in [0.25, 0.3) is 0 Å². The Labute approximate surface area is 164 Å². The Bertz CT molecular complexity index is 1110. The number of rotatable bonds is 3. The number of aromatic nitrogens is 1. The van der Waals surface area contributed by atoms with Gasteiger partial charge in [-0.05, 0) is 41.0 Å². The molecule has 0 saturated heterocycles. The van der Waals surface area contributed by atoms with Crippen molar-refractivity contribution in [2.24, 2.45) is 0 Å². The highest BCUT2D eigenvalue weighted by Crippen LogP contribution is 2.44. The molecule has 2 aliphatic heterocycles. The number of pyridine rings is 1. The molecular formula is C25H18N2O. The van der Waals surface area contributed by atoms with Crippen molar-refractivity contribution in [1.29, 1.82) is 0 Å². The summed E-state index contributed by atoms with van der Waals surface area (Å²) >= 11 is 0. The minimum atomic E-state index is -0.899. The summed E-state index contributed by atoms with van der Waals surface area (Å²) in [6.07, 6.45) is 11.2. The van der Waals surface area contributed by atoms with Gasteiger partial charge >= 0.3 is 0 Å². The van der Waals surface area contributed by atoms with Crippen molar-refractivity contribution in [3.63, 3.8) is 0 Å². The van der Waals surface area contributed by atoms with Gasteiger partial charge in [0.15, 0.2) is 11.3 Å². The number of carbonyl (C=O) groups is 1. The van der Waals surface area contributed by atoms with Crippen LogP contribution >= 0.6 is 0 Å². The third kappa shape index (κ3) is 2.44. The fraction of sp³-hybridized carbons (Fsp3) is 0.0400. The average Bonchev–Trinajstić information content (AvgIpc) is 3.09. The highest BCUT2D eigenvalue weighted by Gasteiger charge is 2.49. The van der Waals surface area contributed by atoms with E-state index in [0.29, 0.717) is 0 Å². The van der Waals surface area contributed by atoms with Crippen molar-refractivity contribution in [2.45, 2.75) is 5.54 Å². The molecule has 0 N–H and O–H groups in total. The maximum absolute atomic E-state index is 13.2. The molecule has 2 aromatic carbocycles. The van der Waals surface area contributed by atoms with Crippen LogP contribution in [0.1, 0.15) is 11.3 Å². The Morgan fingerprint density at radius 3 is 2.21 bits per heavy atom. The van der Waals surface area contributed by atoms with Crippen LogP contribution in [-0.4, -0.2) is 15.7 Å². The first-order chi connectivity index (χ1) is 13.8. The standard InChI is InChI=1S/C25H18N2O/c28-24-18-22(21-13-11-20(12-14-21)19-8-2-1-3-9-19)27-17-7-5-15-25(24,27)23-10-4-6-16-26-23/h1-18H. The highest BCUT2D eigenvalue weighted by atomic mass is 16.1. The van der Waals surface area contributed by atoms with Crippen LogP contribution in [0.15, 0.2) is 109 Å². The first kappa shape index (κ1) is 16.5. The summed E-state index contributed by atoms with van der Waals surface area (Å²) in [4.78, 5) is 19.7. The largest absolute Gasteiger partial charge is 0.325 e. The molecular weight excluding hydrogens is 344 g/mol. The molecule has 0 saturated carbocycles. The lowest BCUT2D eigenvalue weighted by atomic mass is 9.88. The van der Waals surface area contributed by atoms with Crippen molar-refractivity contribution >= 4 is 11.5 Å². The van der Waals surface area contributed by atoms with E-state index >= 15 is 0 Å². The van der Waals surface area contributed by atoms with Crippen molar-refractivity contribution in [2.75, 3.05) is 0 Å². The van der Waals surface area contributed by atoms with Crippen LogP contribution in [0, 0.1) is 0 Å². The predicted molar refractivity (Wildman–Crippen MR) is 111 cm³/mol. The molecule has 3 aromatic rings. The second-order valence-electron chi connectivity index (χ2n) is 6.89. The molecule has 134 valence electrons. The van der Waals surface area contributed by atoms with E-state index in [0.717, 1.165) is 22.5 Å². The van der Waals surface area contributed by atoms with Crippen molar-refractivity contribution in [1.82, 2.24) is 9.88 Å². The van der Waals surface area contributed by atoms with Crippen molar-refractivity contribution in [3.05, 3.63) is 121 Å². The molecule has 5 rings (SSSR count). The van der Waals surface area contributed by atoms with E-state index in [-0.39, 0.29) is 5.78 Å². The van der Waals surface area contributed by atoms with Gasteiger partial charge < -0.3 is 4.90 Å². The Kier molecular flexibility index (Phi) is 3.80. The number of carbonyl (C=O) groups excluding carboxylic acids is 1. The van der Waals surface area contributed by atoms with Gasteiger partial charge in [-0.1, -0.05) is 66.7 Å². The zero-order chi connectivity index (χ0) is 19.0. The minimum absolute atomic E-state index is 0.0222. The fourth-order valence-electron chi connectivity index (χ4n) is 3.91. The first-order valence-corrected chi connectivity index (χ1v) is 9.28. The van der Waals surface area contributed by atoms with Gasteiger partial charge in [0.2, 0.25) is 0 Å². The Hall–Kier alpha value is -3.72. The lowest BCUT2D eigenvalue weighted by molar-refractivity contribution is -0.120. The average molecular weight is 362 g/mol. The molecule has 28 heavy (non-hydrogen) atoms. The number of nitrogens with zero attached hydrogens (tertiary/aromatic N) is 2. The van der Waals surface area contributed by atoms with E-state index in [4.69, 9.17) is 0 Å². The summed E-state index contributed by atoms with van der Waals surface area (Å²) in [6, 6.07) is 24.3. The molecule has 1 aromatic heterocycles. The molecule has 1 atom stereocenters. The van der Waals surface area contributed by atoms with Crippen LogP contribution < -0.4 is 0 Å². The molecule has 3 heteroatoms. The number of benzene rings is 2. The lowest BCUT2D eigenvalue weighted by Crippen LogP contribution is -2.43. The third-order valence-electron chi connectivity index (χ3n) is 5.31. The number of hydrogen-bond acceptors (Lipinski definition) is 3. The van der Waals surface area contributed by atoms with Crippen LogP contribution in [0.2, 0.25) is 0 Å². The molecule has 0 spiro atoms. The second-order valence-corrected chi connectivity index (χ2v) is 6.89. The highest BCUT2D eigenvalue weighted by molar-refractivity contribution is 6.10. The monoisotopic (exact) mass is 362 g/mol. The summed E-state index contributed by atoms with van der Waals surface area (Å²) in [5.74, 6) is 0.0222. The van der Waals surface area contributed by atoms with E-state index in [9.17, 15) is 4.79 Å². The summed E-state index contributed by atoms with van der Waals surface area (Å²) < 4.78 is 0. The van der Waals surface area contributed by atoms with Crippen LogP contribution in [-0.2, 0) is 10.3 Å². The fourth-order valence-corrected chi connectivity index (χ4v) is 3.91. The molecule has 0 radical (unpaired) electrons. The van der Waals surface area contributed by atoms with Crippen molar-refractivity contribution in [3.8, 4) is 11.1 Å². The predicted octanol–water partition coefficient (Wildman–Crippen LogP) is 4.95. The lowest BCUT2D eigenvalue weighted by Gasteiger charge is -2.37. The Morgan fingerprint density at radius 2 is 1.46 bits per heavy atom. The topological polar surface area (TPSA) is 33.2 Å².